The third-order valence-corrected chi connectivity index (χ3v) is 3.01. The van der Waals surface area contributed by atoms with E-state index >= 15 is 0 Å². The van der Waals surface area contributed by atoms with E-state index in [0.29, 0.717) is 35.2 Å². The molecule has 0 aromatic heterocycles. The molecule has 0 radical (unpaired) electrons. The van der Waals surface area contributed by atoms with Gasteiger partial charge in [0.2, 0.25) is 0 Å². The van der Waals surface area contributed by atoms with Crippen molar-refractivity contribution < 1.29 is 9.53 Å². The van der Waals surface area contributed by atoms with E-state index in [1.165, 1.54) is 0 Å². The fourth-order valence-corrected chi connectivity index (χ4v) is 1.90. The molecule has 1 amide bonds. The van der Waals surface area contributed by atoms with Gasteiger partial charge in [-0.25, -0.2) is 0 Å². The van der Waals surface area contributed by atoms with Gasteiger partial charge in [0, 0.05) is 0 Å². The van der Waals surface area contributed by atoms with E-state index in [-0.39, 0.29) is 5.91 Å². The molecule has 0 fully saturated rings. The molecule has 2 aromatic rings. The van der Waals surface area contributed by atoms with Gasteiger partial charge in [-0.2, -0.15) is 0 Å². The maximum atomic E-state index is 11.9. The van der Waals surface area contributed by atoms with Crippen LogP contribution in [0.4, 0.5) is 5.69 Å². The molecule has 4 nitrogen and oxygen atoms in total. The lowest BCUT2D eigenvalue weighted by molar-refractivity contribution is 0.0947. The number of hydrogen-bond donors (Lipinski definition) is 2. The molecule has 0 atom stereocenters. The third-order valence-electron chi connectivity index (χ3n) is 2.68. The Kier molecular flexibility index (Phi) is 4.85. The highest BCUT2D eigenvalue weighted by molar-refractivity contribution is 6.33. The van der Waals surface area contributed by atoms with Crippen LogP contribution in [0.1, 0.15) is 10.4 Å². The van der Waals surface area contributed by atoms with Crippen molar-refractivity contribution >= 4 is 23.2 Å². The van der Waals surface area contributed by atoms with Crippen LogP contribution in [0.15, 0.2) is 48.5 Å². The monoisotopic (exact) mass is 290 g/mol. The molecule has 0 saturated heterocycles. The number of benzene rings is 2. The van der Waals surface area contributed by atoms with Crippen molar-refractivity contribution in [3.05, 3.63) is 59.1 Å². The van der Waals surface area contributed by atoms with E-state index in [9.17, 15) is 4.79 Å². The molecule has 0 unspecified atom stereocenters. The molecule has 0 aliphatic heterocycles. The average molecular weight is 291 g/mol. The topological polar surface area (TPSA) is 64.3 Å². The van der Waals surface area contributed by atoms with Gasteiger partial charge < -0.3 is 15.8 Å². The van der Waals surface area contributed by atoms with Gasteiger partial charge in [-0.1, -0.05) is 35.9 Å². The van der Waals surface area contributed by atoms with Crippen molar-refractivity contribution in [2.45, 2.75) is 0 Å². The first-order valence-electron chi connectivity index (χ1n) is 6.18. The van der Waals surface area contributed by atoms with Crippen LogP contribution in [-0.2, 0) is 0 Å². The Hall–Kier alpha value is -2.20. The zero-order valence-electron chi connectivity index (χ0n) is 10.8. The number of anilines is 1. The van der Waals surface area contributed by atoms with Gasteiger partial charge in [0.05, 0.1) is 22.8 Å². The SMILES string of the molecule is Nc1ccccc1OCCNC(=O)c1ccccc1Cl. The van der Waals surface area contributed by atoms with Crippen molar-refractivity contribution in [1.82, 2.24) is 5.32 Å². The number of para-hydroxylation sites is 2. The van der Waals surface area contributed by atoms with Crippen LogP contribution in [0.3, 0.4) is 0 Å². The first-order chi connectivity index (χ1) is 9.68. The summed E-state index contributed by atoms with van der Waals surface area (Å²) in [5.74, 6) is 0.389. The zero-order chi connectivity index (χ0) is 14.4. The number of nitrogen functional groups attached to an aromatic ring is 1. The minimum atomic E-state index is -0.222. The minimum absolute atomic E-state index is 0.222. The van der Waals surface area contributed by atoms with Crippen molar-refractivity contribution in [3.63, 3.8) is 0 Å². The van der Waals surface area contributed by atoms with Gasteiger partial charge in [0.1, 0.15) is 12.4 Å². The molecular formula is C15H15ClN2O2. The van der Waals surface area contributed by atoms with Gasteiger partial charge in [0.25, 0.3) is 5.91 Å². The number of amides is 1. The maximum absolute atomic E-state index is 11.9. The van der Waals surface area contributed by atoms with Gasteiger partial charge >= 0.3 is 0 Å². The predicted molar refractivity (Wildman–Crippen MR) is 80.1 cm³/mol. The Morgan fingerprint density at radius 2 is 1.85 bits per heavy atom. The molecule has 0 heterocycles. The van der Waals surface area contributed by atoms with Crippen LogP contribution >= 0.6 is 11.6 Å². The maximum Gasteiger partial charge on any atom is 0.252 e. The van der Waals surface area contributed by atoms with Gasteiger partial charge in [-0.3, -0.25) is 4.79 Å². The zero-order valence-corrected chi connectivity index (χ0v) is 11.6. The first-order valence-corrected chi connectivity index (χ1v) is 6.56. The standard InChI is InChI=1S/C15H15ClN2O2/c16-12-6-2-1-5-11(12)15(19)18-9-10-20-14-8-4-3-7-13(14)17/h1-8H,9-10,17H2,(H,18,19). The van der Waals surface area contributed by atoms with E-state index in [1.807, 2.05) is 12.1 Å². The van der Waals surface area contributed by atoms with Crippen LogP contribution in [0.2, 0.25) is 5.02 Å². The normalized spacial score (nSPS) is 10.1. The summed E-state index contributed by atoms with van der Waals surface area (Å²) in [6.45, 7) is 0.711. The number of rotatable bonds is 5. The summed E-state index contributed by atoms with van der Waals surface area (Å²) in [7, 11) is 0. The molecule has 3 N–H and O–H groups in total. The molecule has 2 aromatic carbocycles. The van der Waals surface area contributed by atoms with E-state index in [4.69, 9.17) is 22.1 Å². The highest BCUT2D eigenvalue weighted by Gasteiger charge is 2.08. The van der Waals surface area contributed by atoms with E-state index in [0.717, 1.165) is 0 Å². The van der Waals surface area contributed by atoms with Crippen molar-refractivity contribution in [1.29, 1.82) is 0 Å². The summed E-state index contributed by atoms with van der Waals surface area (Å²) in [6.07, 6.45) is 0. The summed E-state index contributed by atoms with van der Waals surface area (Å²) in [5, 5.41) is 3.17. The predicted octanol–water partition coefficient (Wildman–Crippen LogP) is 2.73. The lowest BCUT2D eigenvalue weighted by Crippen LogP contribution is -2.28. The molecule has 104 valence electrons. The molecule has 0 aliphatic rings. The average Bonchev–Trinajstić information content (AvgIpc) is 2.45. The van der Waals surface area contributed by atoms with Crippen molar-refractivity contribution in [2.75, 3.05) is 18.9 Å². The smallest absolute Gasteiger partial charge is 0.252 e. The highest BCUT2D eigenvalue weighted by Crippen LogP contribution is 2.19. The minimum Gasteiger partial charge on any atom is -0.490 e. The highest BCUT2D eigenvalue weighted by atomic mass is 35.5. The summed E-state index contributed by atoms with van der Waals surface area (Å²) in [4.78, 5) is 11.9. The lowest BCUT2D eigenvalue weighted by Gasteiger charge is -2.10. The van der Waals surface area contributed by atoms with E-state index in [1.54, 1.807) is 36.4 Å². The van der Waals surface area contributed by atoms with Gasteiger partial charge in [0.15, 0.2) is 0 Å². The summed E-state index contributed by atoms with van der Waals surface area (Å²) in [6, 6.07) is 14.1. The fourth-order valence-electron chi connectivity index (χ4n) is 1.68. The number of hydrogen-bond acceptors (Lipinski definition) is 3. The fraction of sp³-hybridized carbons (Fsp3) is 0.133. The second-order valence-corrected chi connectivity index (χ2v) is 4.53. The molecule has 2 rings (SSSR count). The summed E-state index contributed by atoms with van der Waals surface area (Å²) in [5.41, 5.74) is 6.77. The molecule has 0 spiro atoms. The van der Waals surface area contributed by atoms with E-state index in [2.05, 4.69) is 5.32 Å². The van der Waals surface area contributed by atoms with Gasteiger partial charge in [-0.15, -0.1) is 0 Å². The number of halogens is 1. The Bertz CT molecular complexity index is 602. The Labute approximate surface area is 122 Å². The van der Waals surface area contributed by atoms with Crippen LogP contribution in [-0.4, -0.2) is 19.1 Å². The second-order valence-electron chi connectivity index (χ2n) is 4.12. The molecule has 0 bridgehead atoms. The summed E-state index contributed by atoms with van der Waals surface area (Å²) >= 11 is 5.94. The number of carbonyl (C=O) groups is 1. The van der Waals surface area contributed by atoms with Crippen LogP contribution < -0.4 is 15.8 Å². The largest absolute Gasteiger partial charge is 0.490 e. The number of ether oxygens (including phenoxy) is 1. The summed E-state index contributed by atoms with van der Waals surface area (Å²) < 4.78 is 5.48. The molecular weight excluding hydrogens is 276 g/mol. The number of nitrogens with two attached hydrogens (primary N) is 1. The van der Waals surface area contributed by atoms with E-state index < -0.39 is 0 Å². The number of nitrogens with one attached hydrogen (secondary N) is 1. The molecule has 20 heavy (non-hydrogen) atoms. The second kappa shape index (κ2) is 6.82. The molecule has 0 saturated carbocycles. The lowest BCUT2D eigenvalue weighted by atomic mass is 10.2. The Morgan fingerprint density at radius 3 is 2.60 bits per heavy atom. The third kappa shape index (κ3) is 3.65. The molecule has 5 heteroatoms. The molecule has 0 aliphatic carbocycles. The van der Waals surface area contributed by atoms with Crippen LogP contribution in [0, 0.1) is 0 Å². The van der Waals surface area contributed by atoms with Crippen LogP contribution in [0.25, 0.3) is 0 Å². The Balaban J connectivity index is 1.81. The Morgan fingerprint density at radius 1 is 1.15 bits per heavy atom. The van der Waals surface area contributed by atoms with Crippen molar-refractivity contribution in [2.24, 2.45) is 0 Å². The van der Waals surface area contributed by atoms with Crippen LogP contribution in [0.5, 0.6) is 5.75 Å². The number of carbonyl (C=O) groups excluding carboxylic acids is 1. The quantitative estimate of drug-likeness (QED) is 0.657. The van der Waals surface area contributed by atoms with Crippen molar-refractivity contribution in [3.8, 4) is 5.75 Å². The van der Waals surface area contributed by atoms with Gasteiger partial charge in [-0.05, 0) is 24.3 Å². The first kappa shape index (κ1) is 14.2.